The fourth-order valence-corrected chi connectivity index (χ4v) is 3.03. The molecular weight excluding hydrogens is 259 g/mol. The summed E-state index contributed by atoms with van der Waals surface area (Å²) in [6, 6.07) is 0. The number of alkyl halides is 1. The number of hydrogen-bond acceptors (Lipinski definition) is 3. The van der Waals surface area contributed by atoms with Crippen molar-refractivity contribution < 1.29 is 19.0 Å². The van der Waals surface area contributed by atoms with E-state index in [1.807, 2.05) is 0 Å². The van der Waals surface area contributed by atoms with Crippen molar-refractivity contribution in [3.05, 3.63) is 11.6 Å². The predicted molar refractivity (Wildman–Crippen MR) is 78.6 cm³/mol. The fraction of sp³-hybridized carbons (Fsp3) is 0.875. The van der Waals surface area contributed by atoms with E-state index in [2.05, 4.69) is 13.0 Å². The highest BCUT2D eigenvalue weighted by Gasteiger charge is 2.33. The largest absolute Gasteiger partial charge is 0.390 e. The van der Waals surface area contributed by atoms with E-state index < -0.39 is 12.3 Å². The summed E-state index contributed by atoms with van der Waals surface area (Å²) in [7, 11) is 1.67. The molecule has 0 radical (unpaired) electrons. The van der Waals surface area contributed by atoms with Gasteiger partial charge in [-0.15, -0.1) is 0 Å². The molecule has 1 unspecified atom stereocenters. The minimum absolute atomic E-state index is 0.149. The van der Waals surface area contributed by atoms with Crippen molar-refractivity contribution in [3.63, 3.8) is 0 Å². The first-order chi connectivity index (χ1) is 9.59. The number of ether oxygens (including phenoxy) is 2. The van der Waals surface area contributed by atoms with Crippen LogP contribution >= 0.6 is 0 Å². The molecule has 1 fully saturated rings. The molecule has 0 amide bonds. The van der Waals surface area contributed by atoms with Gasteiger partial charge in [0.2, 0.25) is 0 Å². The first-order valence-corrected chi connectivity index (χ1v) is 7.60. The Morgan fingerprint density at radius 1 is 1.40 bits per heavy atom. The monoisotopic (exact) mass is 288 g/mol. The molecule has 1 aliphatic carbocycles. The van der Waals surface area contributed by atoms with Gasteiger partial charge in [-0.3, -0.25) is 0 Å². The van der Waals surface area contributed by atoms with Crippen LogP contribution in [0.4, 0.5) is 4.39 Å². The lowest BCUT2D eigenvalue weighted by molar-refractivity contribution is -0.000219. The topological polar surface area (TPSA) is 38.7 Å². The zero-order chi connectivity index (χ0) is 14.8. The van der Waals surface area contributed by atoms with Gasteiger partial charge in [0.15, 0.2) is 0 Å². The molecule has 0 aromatic rings. The second-order valence-electron chi connectivity index (χ2n) is 5.98. The zero-order valence-corrected chi connectivity index (χ0v) is 12.9. The van der Waals surface area contributed by atoms with Crippen molar-refractivity contribution in [2.45, 2.75) is 51.0 Å². The molecule has 1 saturated carbocycles. The molecular formula is C16H29FO3. The van der Waals surface area contributed by atoms with E-state index in [0.29, 0.717) is 13.2 Å². The van der Waals surface area contributed by atoms with Crippen LogP contribution in [0.25, 0.3) is 0 Å². The second kappa shape index (κ2) is 9.48. The van der Waals surface area contributed by atoms with Crippen molar-refractivity contribution in [2.24, 2.45) is 5.92 Å². The molecule has 3 nitrogen and oxygen atoms in total. The molecule has 0 bridgehead atoms. The maximum Gasteiger partial charge on any atom is 0.113 e. The van der Waals surface area contributed by atoms with E-state index >= 15 is 0 Å². The van der Waals surface area contributed by atoms with Crippen LogP contribution in [0.5, 0.6) is 0 Å². The van der Waals surface area contributed by atoms with Crippen LogP contribution in [-0.4, -0.2) is 44.3 Å². The average molecular weight is 288 g/mol. The van der Waals surface area contributed by atoms with Crippen LogP contribution in [0.15, 0.2) is 11.6 Å². The zero-order valence-electron chi connectivity index (χ0n) is 12.9. The molecule has 4 heteroatoms. The van der Waals surface area contributed by atoms with Gasteiger partial charge in [0.25, 0.3) is 0 Å². The third kappa shape index (κ3) is 6.82. The lowest BCUT2D eigenvalue weighted by Gasteiger charge is -2.28. The number of allylic oxidation sites excluding steroid dienone is 1. The Balaban J connectivity index is 2.50. The van der Waals surface area contributed by atoms with Crippen LogP contribution in [0.2, 0.25) is 0 Å². The molecule has 0 aromatic heterocycles. The van der Waals surface area contributed by atoms with E-state index in [4.69, 9.17) is 9.47 Å². The lowest BCUT2D eigenvalue weighted by Crippen LogP contribution is -2.29. The average Bonchev–Trinajstić information content (AvgIpc) is 2.83. The lowest BCUT2D eigenvalue weighted by atomic mass is 9.86. The maximum absolute atomic E-state index is 12.2. The number of hydrogen-bond donors (Lipinski definition) is 1. The SMILES string of the molecule is COC/C=C(\C)CC(COCCF)CC1(O)CCCC1. The Hall–Kier alpha value is -0.450. The minimum Gasteiger partial charge on any atom is -0.390 e. The molecule has 0 aliphatic heterocycles. The van der Waals surface area contributed by atoms with Crippen molar-refractivity contribution in [3.8, 4) is 0 Å². The summed E-state index contributed by atoms with van der Waals surface area (Å²) in [5, 5.41) is 10.5. The molecule has 0 spiro atoms. The molecule has 0 aromatic carbocycles. The van der Waals surface area contributed by atoms with Crippen LogP contribution in [-0.2, 0) is 9.47 Å². The van der Waals surface area contributed by atoms with Gasteiger partial charge in [0.1, 0.15) is 6.67 Å². The first kappa shape index (κ1) is 17.6. The maximum atomic E-state index is 12.2. The summed E-state index contributed by atoms with van der Waals surface area (Å²) in [5.41, 5.74) is 0.702. The minimum atomic E-state index is -0.536. The number of methoxy groups -OCH3 is 1. The van der Waals surface area contributed by atoms with Crippen LogP contribution < -0.4 is 0 Å². The Kier molecular flexibility index (Phi) is 8.34. The van der Waals surface area contributed by atoms with Crippen molar-refractivity contribution in [1.29, 1.82) is 0 Å². The Bertz CT molecular complexity index is 285. The quantitative estimate of drug-likeness (QED) is 0.495. The van der Waals surface area contributed by atoms with Gasteiger partial charge >= 0.3 is 0 Å². The van der Waals surface area contributed by atoms with Gasteiger partial charge < -0.3 is 14.6 Å². The molecule has 20 heavy (non-hydrogen) atoms. The molecule has 1 rings (SSSR count). The predicted octanol–water partition coefficient (Wildman–Crippen LogP) is 3.27. The summed E-state index contributed by atoms with van der Waals surface area (Å²) in [5.74, 6) is 0.248. The highest BCUT2D eigenvalue weighted by atomic mass is 19.1. The number of rotatable bonds is 10. The summed E-state index contributed by atoms with van der Waals surface area (Å²) < 4.78 is 22.6. The molecule has 0 heterocycles. The first-order valence-electron chi connectivity index (χ1n) is 7.60. The Morgan fingerprint density at radius 2 is 2.10 bits per heavy atom. The summed E-state index contributed by atoms with van der Waals surface area (Å²) in [6.45, 7) is 2.89. The van der Waals surface area contributed by atoms with Crippen LogP contribution in [0, 0.1) is 5.92 Å². The second-order valence-corrected chi connectivity index (χ2v) is 5.98. The van der Waals surface area contributed by atoms with Gasteiger partial charge in [-0.1, -0.05) is 24.5 Å². The van der Waals surface area contributed by atoms with E-state index in [0.717, 1.165) is 38.5 Å². The molecule has 118 valence electrons. The molecule has 0 saturated heterocycles. The smallest absolute Gasteiger partial charge is 0.113 e. The number of aliphatic hydroxyl groups is 1. The Morgan fingerprint density at radius 3 is 2.70 bits per heavy atom. The number of halogens is 1. The molecule has 1 N–H and O–H groups in total. The van der Waals surface area contributed by atoms with Crippen LogP contribution in [0.3, 0.4) is 0 Å². The molecule has 1 atom stereocenters. The summed E-state index contributed by atoms with van der Waals surface area (Å²) in [4.78, 5) is 0. The van der Waals surface area contributed by atoms with Gasteiger partial charge in [-0.2, -0.15) is 0 Å². The third-order valence-electron chi connectivity index (χ3n) is 3.99. The van der Waals surface area contributed by atoms with Gasteiger partial charge in [-0.05, 0) is 38.5 Å². The van der Waals surface area contributed by atoms with Crippen molar-refractivity contribution >= 4 is 0 Å². The summed E-state index contributed by atoms with van der Waals surface area (Å²) in [6.07, 6.45) is 7.65. The van der Waals surface area contributed by atoms with E-state index in [1.54, 1.807) is 7.11 Å². The van der Waals surface area contributed by atoms with Crippen molar-refractivity contribution in [1.82, 2.24) is 0 Å². The van der Waals surface area contributed by atoms with Gasteiger partial charge in [0.05, 0.1) is 18.8 Å². The van der Waals surface area contributed by atoms with E-state index in [-0.39, 0.29) is 12.5 Å². The third-order valence-corrected chi connectivity index (χ3v) is 3.99. The van der Waals surface area contributed by atoms with E-state index in [9.17, 15) is 9.50 Å². The highest BCUT2D eigenvalue weighted by molar-refractivity contribution is 5.01. The van der Waals surface area contributed by atoms with Crippen LogP contribution in [0.1, 0.15) is 45.4 Å². The fourth-order valence-electron chi connectivity index (χ4n) is 3.03. The van der Waals surface area contributed by atoms with Gasteiger partial charge in [0, 0.05) is 13.7 Å². The summed E-state index contributed by atoms with van der Waals surface area (Å²) >= 11 is 0. The molecule has 1 aliphatic rings. The normalized spacial score (nSPS) is 20.3. The van der Waals surface area contributed by atoms with Gasteiger partial charge in [-0.25, -0.2) is 4.39 Å². The highest BCUT2D eigenvalue weighted by Crippen LogP contribution is 2.36. The van der Waals surface area contributed by atoms with Crippen molar-refractivity contribution in [2.75, 3.05) is 33.6 Å². The Labute approximate surface area is 122 Å². The standard InChI is InChI=1S/C16H29FO3/c1-14(5-9-19-2)11-15(13-20-10-8-17)12-16(18)6-3-4-7-16/h5,15,18H,3-4,6-13H2,1-2H3/b14-5+. The van der Waals surface area contributed by atoms with E-state index in [1.165, 1.54) is 5.57 Å².